The van der Waals surface area contributed by atoms with Gasteiger partial charge in [0.15, 0.2) is 0 Å². The predicted octanol–water partition coefficient (Wildman–Crippen LogP) is 7.25. The first-order valence-electron chi connectivity index (χ1n) is 16.6. The van der Waals surface area contributed by atoms with Crippen molar-refractivity contribution in [2.24, 2.45) is 0 Å². The summed E-state index contributed by atoms with van der Waals surface area (Å²) in [5.41, 5.74) is 6.11. The Bertz CT molecular complexity index is 2130. The van der Waals surface area contributed by atoms with E-state index in [9.17, 15) is 9.90 Å². The SMILES string of the molecule is COc1nn(C(c2ccccc2)(c2ccccc2)c2ccccc2)c2cc(CC(=O)N[C@H](C)c3ccccc3)nc(-c3ccnc(CO)c3)c12. The van der Waals surface area contributed by atoms with Crippen LogP contribution in [0, 0.1) is 0 Å². The molecule has 50 heavy (non-hydrogen) atoms. The average molecular weight is 660 g/mol. The maximum absolute atomic E-state index is 13.6. The topological polar surface area (TPSA) is 102 Å². The largest absolute Gasteiger partial charge is 0.479 e. The molecule has 2 N–H and O–H groups in total. The third-order valence-electron chi connectivity index (χ3n) is 9.04. The fourth-order valence-corrected chi connectivity index (χ4v) is 6.75. The first-order chi connectivity index (χ1) is 24.5. The first kappa shape index (κ1) is 32.4. The highest BCUT2D eigenvalue weighted by Crippen LogP contribution is 2.45. The summed E-state index contributed by atoms with van der Waals surface area (Å²) in [4.78, 5) is 23.0. The fourth-order valence-electron chi connectivity index (χ4n) is 6.75. The minimum absolute atomic E-state index is 0.0283. The Morgan fingerprint density at radius 3 is 1.90 bits per heavy atom. The number of carbonyl (C=O) groups is 1. The van der Waals surface area contributed by atoms with Crippen molar-refractivity contribution < 1.29 is 14.6 Å². The Morgan fingerprint density at radius 1 is 0.800 bits per heavy atom. The van der Waals surface area contributed by atoms with Crippen LogP contribution in [0.1, 0.15) is 46.6 Å². The first-order valence-corrected chi connectivity index (χ1v) is 16.6. The summed E-state index contributed by atoms with van der Waals surface area (Å²) >= 11 is 0. The van der Waals surface area contributed by atoms with Crippen molar-refractivity contribution in [2.45, 2.75) is 31.5 Å². The summed E-state index contributed by atoms with van der Waals surface area (Å²) in [5.74, 6) is 0.217. The molecule has 1 atom stereocenters. The van der Waals surface area contributed by atoms with E-state index in [1.54, 1.807) is 19.4 Å². The minimum Gasteiger partial charge on any atom is -0.479 e. The van der Waals surface area contributed by atoms with Gasteiger partial charge in [0.05, 0.1) is 54.2 Å². The number of ether oxygens (including phenoxy) is 1. The summed E-state index contributed by atoms with van der Waals surface area (Å²) in [6.45, 7) is 1.74. The van der Waals surface area contributed by atoms with Gasteiger partial charge in [0.1, 0.15) is 5.54 Å². The van der Waals surface area contributed by atoms with Gasteiger partial charge < -0.3 is 15.2 Å². The molecule has 8 nitrogen and oxygen atoms in total. The number of aromatic nitrogens is 4. The van der Waals surface area contributed by atoms with Crippen LogP contribution in [-0.2, 0) is 23.4 Å². The van der Waals surface area contributed by atoms with Crippen LogP contribution >= 0.6 is 0 Å². The number of methoxy groups -OCH3 is 1. The van der Waals surface area contributed by atoms with Crippen molar-refractivity contribution in [1.29, 1.82) is 0 Å². The van der Waals surface area contributed by atoms with Crippen LogP contribution < -0.4 is 10.1 Å². The van der Waals surface area contributed by atoms with Gasteiger partial charge in [-0.05, 0) is 47.4 Å². The zero-order valence-corrected chi connectivity index (χ0v) is 27.9. The number of aliphatic hydroxyl groups is 1. The number of benzene rings is 4. The van der Waals surface area contributed by atoms with Crippen LogP contribution in [0.15, 0.2) is 146 Å². The second-order valence-electron chi connectivity index (χ2n) is 12.2. The van der Waals surface area contributed by atoms with E-state index in [0.29, 0.717) is 28.3 Å². The van der Waals surface area contributed by atoms with Gasteiger partial charge in [0.25, 0.3) is 0 Å². The number of pyridine rings is 2. The maximum atomic E-state index is 13.6. The number of carbonyl (C=O) groups excluding carboxylic acids is 1. The lowest BCUT2D eigenvalue weighted by atomic mass is 9.77. The number of nitrogens with zero attached hydrogens (tertiary/aromatic N) is 4. The normalized spacial score (nSPS) is 12.1. The summed E-state index contributed by atoms with van der Waals surface area (Å²) in [7, 11) is 1.60. The van der Waals surface area contributed by atoms with Gasteiger partial charge in [-0.3, -0.25) is 14.8 Å². The van der Waals surface area contributed by atoms with Gasteiger partial charge in [0.2, 0.25) is 11.8 Å². The zero-order chi connectivity index (χ0) is 34.5. The molecule has 0 aliphatic heterocycles. The molecule has 0 aliphatic carbocycles. The van der Waals surface area contributed by atoms with Crippen molar-refractivity contribution in [3.05, 3.63) is 179 Å². The molecule has 8 heteroatoms. The van der Waals surface area contributed by atoms with E-state index < -0.39 is 5.54 Å². The molecule has 0 radical (unpaired) electrons. The Hall–Kier alpha value is -6.12. The monoisotopic (exact) mass is 659 g/mol. The Morgan fingerprint density at radius 2 is 1.36 bits per heavy atom. The summed E-state index contributed by atoms with van der Waals surface area (Å²) in [6, 6.07) is 46.1. The van der Waals surface area contributed by atoms with Crippen LogP contribution in [0.25, 0.3) is 22.2 Å². The van der Waals surface area contributed by atoms with E-state index in [2.05, 4.69) is 46.7 Å². The molecule has 4 aromatic carbocycles. The van der Waals surface area contributed by atoms with Crippen molar-refractivity contribution in [3.63, 3.8) is 0 Å². The number of rotatable bonds is 11. The summed E-state index contributed by atoms with van der Waals surface area (Å²) in [6.07, 6.45) is 1.68. The quantitative estimate of drug-likeness (QED) is 0.142. The van der Waals surface area contributed by atoms with Gasteiger partial charge in [0, 0.05) is 11.8 Å². The lowest BCUT2D eigenvalue weighted by Crippen LogP contribution is -2.38. The third kappa shape index (κ3) is 6.01. The molecule has 7 aromatic rings. The van der Waals surface area contributed by atoms with E-state index in [0.717, 1.165) is 33.3 Å². The number of nitrogens with one attached hydrogen (secondary N) is 1. The summed E-state index contributed by atoms with van der Waals surface area (Å²) < 4.78 is 8.04. The van der Waals surface area contributed by atoms with Crippen molar-refractivity contribution in [2.75, 3.05) is 7.11 Å². The lowest BCUT2D eigenvalue weighted by Gasteiger charge is -2.37. The van der Waals surface area contributed by atoms with E-state index in [1.165, 1.54) is 0 Å². The zero-order valence-electron chi connectivity index (χ0n) is 27.9. The van der Waals surface area contributed by atoms with Crippen molar-refractivity contribution in [1.82, 2.24) is 25.1 Å². The average Bonchev–Trinajstić information content (AvgIpc) is 3.55. The van der Waals surface area contributed by atoms with Crippen LogP contribution in [0.3, 0.4) is 0 Å². The van der Waals surface area contributed by atoms with Crippen LogP contribution in [0.5, 0.6) is 5.88 Å². The molecule has 0 unspecified atom stereocenters. The van der Waals surface area contributed by atoms with Gasteiger partial charge in [-0.25, -0.2) is 4.68 Å². The molecule has 0 saturated carbocycles. The van der Waals surface area contributed by atoms with Gasteiger partial charge in [-0.15, -0.1) is 5.10 Å². The molecule has 3 heterocycles. The maximum Gasteiger partial charge on any atom is 0.242 e. The number of amides is 1. The van der Waals surface area contributed by atoms with E-state index >= 15 is 0 Å². The van der Waals surface area contributed by atoms with E-state index in [4.69, 9.17) is 14.8 Å². The third-order valence-corrected chi connectivity index (χ3v) is 9.04. The Kier molecular flexibility index (Phi) is 9.18. The number of hydrogen-bond donors (Lipinski definition) is 2. The predicted molar refractivity (Wildman–Crippen MR) is 195 cm³/mol. The van der Waals surface area contributed by atoms with Crippen LogP contribution in [0.4, 0.5) is 0 Å². The molecule has 0 spiro atoms. The Balaban J connectivity index is 1.51. The lowest BCUT2D eigenvalue weighted by molar-refractivity contribution is -0.121. The molecule has 0 saturated heterocycles. The highest BCUT2D eigenvalue weighted by molar-refractivity contribution is 5.98. The molecular weight excluding hydrogens is 622 g/mol. The molecule has 7 rings (SSSR count). The summed E-state index contributed by atoms with van der Waals surface area (Å²) in [5, 5.41) is 19.0. The van der Waals surface area contributed by atoms with Gasteiger partial charge >= 0.3 is 0 Å². The van der Waals surface area contributed by atoms with Crippen LogP contribution in [-0.4, -0.2) is 37.9 Å². The van der Waals surface area contributed by atoms with Gasteiger partial charge in [-0.2, -0.15) is 0 Å². The number of fused-ring (bicyclic) bond motifs is 1. The minimum atomic E-state index is -0.951. The standard InChI is InChI=1S/C42H37N5O3/c1-29(30-15-7-3-8-16-30)44-38(49)27-35-26-37-39(40(45-35)31-23-24-43-36(25-31)28-48)41(50-2)46-47(37)42(32-17-9-4-10-18-32,33-19-11-5-12-20-33)34-21-13-6-14-22-34/h3-26,29,48H,27-28H2,1-2H3,(H,44,49)/t29-/m1/s1. The molecule has 3 aromatic heterocycles. The molecule has 248 valence electrons. The van der Waals surface area contributed by atoms with Crippen molar-refractivity contribution in [3.8, 4) is 17.1 Å². The molecular formula is C42H37N5O3. The smallest absolute Gasteiger partial charge is 0.242 e. The second kappa shape index (κ2) is 14.2. The fraction of sp³-hybridized carbons (Fsp3) is 0.143. The number of aliphatic hydroxyl groups excluding tert-OH is 1. The Labute approximate surface area is 291 Å². The van der Waals surface area contributed by atoms with Gasteiger partial charge in [-0.1, -0.05) is 121 Å². The van der Waals surface area contributed by atoms with E-state index in [1.807, 2.05) is 109 Å². The molecule has 0 bridgehead atoms. The highest BCUT2D eigenvalue weighted by Gasteiger charge is 2.41. The van der Waals surface area contributed by atoms with Crippen LogP contribution in [0.2, 0.25) is 0 Å². The van der Waals surface area contributed by atoms with Crippen molar-refractivity contribution >= 4 is 16.8 Å². The second-order valence-corrected chi connectivity index (χ2v) is 12.2. The molecule has 0 aliphatic rings. The molecule has 1 amide bonds. The number of hydrogen-bond acceptors (Lipinski definition) is 6. The van der Waals surface area contributed by atoms with E-state index in [-0.39, 0.29) is 25.0 Å². The highest BCUT2D eigenvalue weighted by atomic mass is 16.5. The molecule has 0 fully saturated rings.